The molecule has 0 saturated carbocycles. The SMILES string of the molecule is O=C(O)c1cnccc1Nc1ccc(F)c(Cl)c1. The zero-order valence-electron chi connectivity index (χ0n) is 9.02. The summed E-state index contributed by atoms with van der Waals surface area (Å²) < 4.78 is 13.0. The van der Waals surface area contributed by atoms with Gasteiger partial charge in [0.1, 0.15) is 11.4 Å². The lowest BCUT2D eigenvalue weighted by molar-refractivity contribution is 0.0697. The van der Waals surface area contributed by atoms with Crippen LogP contribution in [0.3, 0.4) is 0 Å². The highest BCUT2D eigenvalue weighted by atomic mass is 35.5. The molecule has 1 aromatic carbocycles. The minimum absolute atomic E-state index is 0.0259. The van der Waals surface area contributed by atoms with Gasteiger partial charge in [-0.2, -0.15) is 0 Å². The molecule has 4 nitrogen and oxygen atoms in total. The van der Waals surface area contributed by atoms with Gasteiger partial charge >= 0.3 is 5.97 Å². The molecule has 0 saturated heterocycles. The van der Waals surface area contributed by atoms with Crippen molar-refractivity contribution in [2.45, 2.75) is 0 Å². The molecule has 2 N–H and O–H groups in total. The first kappa shape index (κ1) is 12.3. The van der Waals surface area contributed by atoms with Crippen molar-refractivity contribution in [3.05, 3.63) is 53.1 Å². The third-order valence-electron chi connectivity index (χ3n) is 2.25. The Hall–Kier alpha value is -2.14. The Kier molecular flexibility index (Phi) is 3.43. The van der Waals surface area contributed by atoms with Gasteiger partial charge in [-0.3, -0.25) is 4.98 Å². The fourth-order valence-electron chi connectivity index (χ4n) is 1.40. The van der Waals surface area contributed by atoms with Gasteiger partial charge in [0.25, 0.3) is 0 Å². The van der Waals surface area contributed by atoms with E-state index in [1.54, 1.807) is 0 Å². The van der Waals surface area contributed by atoms with Gasteiger partial charge < -0.3 is 10.4 Å². The summed E-state index contributed by atoms with van der Waals surface area (Å²) in [6.07, 6.45) is 2.69. The molecule has 2 rings (SSSR count). The molecule has 0 spiro atoms. The number of hydrogen-bond acceptors (Lipinski definition) is 3. The molecule has 2 aromatic rings. The van der Waals surface area contributed by atoms with Crippen LogP contribution >= 0.6 is 11.6 Å². The van der Waals surface area contributed by atoms with Gasteiger partial charge in [-0.15, -0.1) is 0 Å². The maximum atomic E-state index is 13.0. The summed E-state index contributed by atoms with van der Waals surface area (Å²) in [7, 11) is 0. The Morgan fingerprint density at radius 3 is 2.83 bits per heavy atom. The lowest BCUT2D eigenvalue weighted by Crippen LogP contribution is -2.03. The van der Waals surface area contributed by atoms with Gasteiger partial charge in [-0.25, -0.2) is 9.18 Å². The smallest absolute Gasteiger partial charge is 0.339 e. The van der Waals surface area contributed by atoms with Gasteiger partial charge in [0.2, 0.25) is 0 Å². The molecule has 0 aliphatic carbocycles. The molecule has 0 amide bonds. The number of pyridine rings is 1. The molecule has 18 heavy (non-hydrogen) atoms. The van der Waals surface area contributed by atoms with E-state index in [1.165, 1.54) is 36.7 Å². The molecule has 0 aliphatic heterocycles. The van der Waals surface area contributed by atoms with Crippen LogP contribution in [-0.4, -0.2) is 16.1 Å². The molecule has 0 atom stereocenters. The molecule has 1 heterocycles. The fourth-order valence-corrected chi connectivity index (χ4v) is 1.58. The molecule has 0 bridgehead atoms. The van der Waals surface area contributed by atoms with Crippen LogP contribution in [0.5, 0.6) is 0 Å². The highest BCUT2D eigenvalue weighted by Gasteiger charge is 2.10. The Labute approximate surface area is 107 Å². The number of anilines is 2. The molecular formula is C12H8ClFN2O2. The van der Waals surface area contributed by atoms with E-state index in [-0.39, 0.29) is 10.6 Å². The normalized spacial score (nSPS) is 10.1. The van der Waals surface area contributed by atoms with Gasteiger partial charge in [0, 0.05) is 18.1 Å². The number of aromatic nitrogens is 1. The summed E-state index contributed by atoms with van der Waals surface area (Å²) >= 11 is 5.64. The standard InChI is InChI=1S/C12H8ClFN2O2/c13-9-5-7(1-2-10(9)14)16-11-3-4-15-6-8(11)12(17)18/h1-6H,(H,15,16)(H,17,18). The lowest BCUT2D eigenvalue weighted by atomic mass is 10.2. The number of halogens is 2. The van der Waals surface area contributed by atoms with E-state index in [4.69, 9.17) is 16.7 Å². The summed E-state index contributed by atoms with van der Waals surface area (Å²) in [6.45, 7) is 0. The van der Waals surface area contributed by atoms with Gasteiger partial charge in [-0.1, -0.05) is 11.6 Å². The number of carbonyl (C=O) groups is 1. The second kappa shape index (κ2) is 5.01. The van der Waals surface area contributed by atoms with Gasteiger partial charge in [0.15, 0.2) is 0 Å². The first-order valence-corrected chi connectivity index (χ1v) is 5.35. The Morgan fingerprint density at radius 2 is 2.17 bits per heavy atom. The molecular weight excluding hydrogens is 259 g/mol. The van der Waals surface area contributed by atoms with Crippen molar-refractivity contribution in [2.75, 3.05) is 5.32 Å². The second-order valence-electron chi connectivity index (χ2n) is 3.48. The number of carboxylic acid groups (broad SMARTS) is 1. The number of benzene rings is 1. The quantitative estimate of drug-likeness (QED) is 0.895. The van der Waals surface area contributed by atoms with E-state index in [0.717, 1.165) is 0 Å². The van der Waals surface area contributed by atoms with Crippen LogP contribution in [0.4, 0.5) is 15.8 Å². The van der Waals surface area contributed by atoms with E-state index in [1.807, 2.05) is 0 Å². The van der Waals surface area contributed by atoms with Crippen molar-refractivity contribution in [3.63, 3.8) is 0 Å². The summed E-state index contributed by atoms with van der Waals surface area (Å²) in [5.74, 6) is -1.63. The van der Waals surface area contributed by atoms with Crippen molar-refractivity contribution in [2.24, 2.45) is 0 Å². The van der Waals surface area contributed by atoms with Crippen LogP contribution in [-0.2, 0) is 0 Å². The minimum Gasteiger partial charge on any atom is -0.478 e. The highest BCUT2D eigenvalue weighted by molar-refractivity contribution is 6.31. The van der Waals surface area contributed by atoms with Gasteiger partial charge in [0.05, 0.1) is 10.7 Å². The van der Waals surface area contributed by atoms with E-state index < -0.39 is 11.8 Å². The molecule has 0 fully saturated rings. The molecule has 1 aromatic heterocycles. The summed E-state index contributed by atoms with van der Waals surface area (Å²) in [6, 6.07) is 5.56. The zero-order chi connectivity index (χ0) is 13.1. The van der Waals surface area contributed by atoms with E-state index in [0.29, 0.717) is 11.4 Å². The molecule has 0 aliphatic rings. The monoisotopic (exact) mass is 266 g/mol. The van der Waals surface area contributed by atoms with E-state index in [9.17, 15) is 9.18 Å². The average molecular weight is 267 g/mol. The minimum atomic E-state index is -1.10. The first-order valence-electron chi connectivity index (χ1n) is 4.97. The van der Waals surface area contributed by atoms with Crippen LogP contribution < -0.4 is 5.32 Å². The van der Waals surface area contributed by atoms with Crippen LogP contribution in [0.15, 0.2) is 36.7 Å². The van der Waals surface area contributed by atoms with Crippen LogP contribution in [0.25, 0.3) is 0 Å². The predicted molar refractivity (Wildman–Crippen MR) is 65.9 cm³/mol. The average Bonchev–Trinajstić information content (AvgIpc) is 2.34. The summed E-state index contributed by atoms with van der Waals surface area (Å²) in [5, 5.41) is 11.8. The molecule has 6 heteroatoms. The van der Waals surface area contributed by atoms with Crippen molar-refractivity contribution in [1.29, 1.82) is 0 Å². The first-order chi connectivity index (χ1) is 8.58. The summed E-state index contributed by atoms with van der Waals surface area (Å²) in [5.41, 5.74) is 0.883. The maximum absolute atomic E-state index is 13.0. The number of hydrogen-bond donors (Lipinski definition) is 2. The maximum Gasteiger partial charge on any atom is 0.339 e. The third-order valence-corrected chi connectivity index (χ3v) is 2.54. The van der Waals surface area contributed by atoms with Crippen LogP contribution in [0, 0.1) is 5.82 Å². The number of carboxylic acids is 1. The Morgan fingerprint density at radius 1 is 1.39 bits per heavy atom. The number of rotatable bonds is 3. The fraction of sp³-hybridized carbons (Fsp3) is 0. The van der Waals surface area contributed by atoms with Crippen LogP contribution in [0.2, 0.25) is 5.02 Å². The highest BCUT2D eigenvalue weighted by Crippen LogP contribution is 2.24. The number of nitrogens with zero attached hydrogens (tertiary/aromatic N) is 1. The lowest BCUT2D eigenvalue weighted by Gasteiger charge is -2.09. The van der Waals surface area contributed by atoms with Crippen molar-refractivity contribution >= 4 is 28.9 Å². The third kappa shape index (κ3) is 2.57. The molecule has 0 radical (unpaired) electrons. The molecule has 0 unspecified atom stereocenters. The molecule has 92 valence electrons. The van der Waals surface area contributed by atoms with Gasteiger partial charge in [-0.05, 0) is 24.3 Å². The largest absolute Gasteiger partial charge is 0.478 e. The predicted octanol–water partition coefficient (Wildman–Crippen LogP) is 3.32. The van der Waals surface area contributed by atoms with E-state index >= 15 is 0 Å². The van der Waals surface area contributed by atoms with Crippen molar-refractivity contribution in [1.82, 2.24) is 4.98 Å². The second-order valence-corrected chi connectivity index (χ2v) is 3.89. The summed E-state index contributed by atoms with van der Waals surface area (Å²) in [4.78, 5) is 14.7. The van der Waals surface area contributed by atoms with Crippen molar-refractivity contribution in [3.8, 4) is 0 Å². The van der Waals surface area contributed by atoms with E-state index in [2.05, 4.69) is 10.3 Å². The Bertz CT molecular complexity index is 604. The Balaban J connectivity index is 2.34. The van der Waals surface area contributed by atoms with Crippen molar-refractivity contribution < 1.29 is 14.3 Å². The zero-order valence-corrected chi connectivity index (χ0v) is 9.78. The van der Waals surface area contributed by atoms with Crippen LogP contribution in [0.1, 0.15) is 10.4 Å². The number of aromatic carboxylic acids is 1. The number of nitrogens with one attached hydrogen (secondary N) is 1. The topological polar surface area (TPSA) is 62.2 Å².